The van der Waals surface area contributed by atoms with Gasteiger partial charge in [-0.1, -0.05) is 18.2 Å². The number of hydrogen-bond acceptors (Lipinski definition) is 5. The first-order chi connectivity index (χ1) is 12.1. The Morgan fingerprint density at radius 1 is 1.36 bits per heavy atom. The molecule has 0 spiro atoms. The zero-order valence-electron chi connectivity index (χ0n) is 13.7. The van der Waals surface area contributed by atoms with E-state index in [0.717, 1.165) is 10.9 Å². The third-order valence-electron chi connectivity index (χ3n) is 3.70. The normalized spacial score (nSPS) is 10.9. The number of hydrogen-bond donors (Lipinski definition) is 2. The molecule has 0 fully saturated rings. The summed E-state index contributed by atoms with van der Waals surface area (Å²) in [6, 6.07) is 7.71. The summed E-state index contributed by atoms with van der Waals surface area (Å²) in [6.07, 6.45) is 1.87. The van der Waals surface area contributed by atoms with Crippen LogP contribution in [-0.2, 0) is 22.5 Å². The predicted octanol–water partition coefficient (Wildman–Crippen LogP) is 2.02. The van der Waals surface area contributed by atoms with Crippen LogP contribution in [0.4, 0.5) is 5.13 Å². The highest BCUT2D eigenvalue weighted by Crippen LogP contribution is 2.23. The van der Waals surface area contributed by atoms with E-state index in [1.54, 1.807) is 12.5 Å². The fourth-order valence-electron chi connectivity index (χ4n) is 2.59. The number of nitrogens with one attached hydrogen (secondary N) is 1. The van der Waals surface area contributed by atoms with E-state index in [1.165, 1.54) is 11.3 Å². The number of para-hydroxylation sites is 1. The van der Waals surface area contributed by atoms with Gasteiger partial charge in [0.15, 0.2) is 5.13 Å². The molecule has 3 aromatic rings. The first-order valence-electron chi connectivity index (χ1n) is 7.69. The standard InChI is InChI=1S/C17H18N4O3S/c1-24-7-6-21-9-13(12-4-2-3-5-14(12)21)16(23)20-17-19-11(10-25-17)8-15(18)22/h2-5,9-10H,6-8H2,1H3,(H2,18,22)(H,19,20,23). The topological polar surface area (TPSA) is 99.2 Å². The number of amides is 2. The van der Waals surface area contributed by atoms with E-state index < -0.39 is 5.91 Å². The smallest absolute Gasteiger partial charge is 0.259 e. The Labute approximate surface area is 148 Å². The van der Waals surface area contributed by atoms with Crippen LogP contribution in [0.3, 0.4) is 0 Å². The molecule has 2 amide bonds. The number of primary amides is 1. The maximum Gasteiger partial charge on any atom is 0.259 e. The summed E-state index contributed by atoms with van der Waals surface area (Å²) in [5, 5.41) is 5.80. The Bertz CT molecular complexity index is 916. The van der Waals surface area contributed by atoms with Crippen LogP contribution in [0.2, 0.25) is 0 Å². The lowest BCUT2D eigenvalue weighted by Gasteiger charge is -2.03. The van der Waals surface area contributed by atoms with E-state index in [0.29, 0.717) is 29.5 Å². The molecular weight excluding hydrogens is 340 g/mol. The summed E-state index contributed by atoms with van der Waals surface area (Å²) in [5.74, 6) is -0.697. The minimum atomic E-state index is -0.454. The number of nitrogens with zero attached hydrogens (tertiary/aromatic N) is 2. The van der Waals surface area contributed by atoms with E-state index in [4.69, 9.17) is 10.5 Å². The number of aromatic nitrogens is 2. The summed E-state index contributed by atoms with van der Waals surface area (Å²) in [5.41, 5.74) is 7.25. The van der Waals surface area contributed by atoms with Crippen molar-refractivity contribution in [3.63, 3.8) is 0 Å². The molecule has 0 bridgehead atoms. The van der Waals surface area contributed by atoms with Crippen molar-refractivity contribution < 1.29 is 14.3 Å². The number of carbonyl (C=O) groups excluding carboxylic acids is 2. The van der Waals surface area contributed by atoms with Gasteiger partial charge in [-0.25, -0.2) is 4.98 Å². The highest BCUT2D eigenvalue weighted by atomic mass is 32.1. The van der Waals surface area contributed by atoms with Gasteiger partial charge in [-0.3, -0.25) is 14.9 Å². The zero-order chi connectivity index (χ0) is 17.8. The lowest BCUT2D eigenvalue weighted by molar-refractivity contribution is -0.117. The fourth-order valence-corrected chi connectivity index (χ4v) is 3.30. The number of methoxy groups -OCH3 is 1. The lowest BCUT2D eigenvalue weighted by atomic mass is 10.1. The predicted molar refractivity (Wildman–Crippen MR) is 96.8 cm³/mol. The monoisotopic (exact) mass is 358 g/mol. The van der Waals surface area contributed by atoms with Gasteiger partial charge in [0.2, 0.25) is 5.91 Å². The van der Waals surface area contributed by atoms with E-state index in [-0.39, 0.29) is 12.3 Å². The van der Waals surface area contributed by atoms with Crippen LogP contribution in [0, 0.1) is 0 Å². The Morgan fingerprint density at radius 2 is 2.16 bits per heavy atom. The SMILES string of the molecule is COCCn1cc(C(=O)Nc2nc(CC(N)=O)cs2)c2ccccc21. The summed E-state index contributed by atoms with van der Waals surface area (Å²) in [7, 11) is 1.64. The average Bonchev–Trinajstić information content (AvgIpc) is 3.17. The second-order valence-electron chi connectivity index (χ2n) is 5.49. The van der Waals surface area contributed by atoms with Crippen LogP contribution < -0.4 is 11.1 Å². The van der Waals surface area contributed by atoms with Crippen molar-refractivity contribution in [3.05, 3.63) is 47.1 Å². The highest BCUT2D eigenvalue weighted by Gasteiger charge is 2.16. The fraction of sp³-hybridized carbons (Fsp3) is 0.235. The van der Waals surface area contributed by atoms with Crippen LogP contribution in [0.1, 0.15) is 16.1 Å². The Morgan fingerprint density at radius 3 is 2.92 bits per heavy atom. The third-order valence-corrected chi connectivity index (χ3v) is 4.50. The number of thiazole rings is 1. The Balaban J connectivity index is 1.84. The average molecular weight is 358 g/mol. The molecule has 0 aliphatic carbocycles. The molecule has 0 unspecified atom stereocenters. The maximum atomic E-state index is 12.7. The molecule has 1 aromatic carbocycles. The molecule has 0 aliphatic rings. The maximum absolute atomic E-state index is 12.7. The highest BCUT2D eigenvalue weighted by molar-refractivity contribution is 7.14. The van der Waals surface area contributed by atoms with E-state index in [2.05, 4.69) is 10.3 Å². The number of anilines is 1. The van der Waals surface area contributed by atoms with Crippen LogP contribution >= 0.6 is 11.3 Å². The minimum Gasteiger partial charge on any atom is -0.383 e. The van der Waals surface area contributed by atoms with Gasteiger partial charge in [-0.05, 0) is 6.07 Å². The first kappa shape index (κ1) is 17.1. The summed E-state index contributed by atoms with van der Waals surface area (Å²) < 4.78 is 7.12. The van der Waals surface area contributed by atoms with Gasteiger partial charge >= 0.3 is 0 Å². The van der Waals surface area contributed by atoms with Gasteiger partial charge in [-0.2, -0.15) is 0 Å². The molecule has 3 N–H and O–H groups in total. The molecule has 130 valence electrons. The summed E-state index contributed by atoms with van der Waals surface area (Å²) >= 11 is 1.26. The lowest BCUT2D eigenvalue weighted by Crippen LogP contribution is -2.14. The van der Waals surface area contributed by atoms with Gasteiger partial charge < -0.3 is 15.0 Å². The Hall–Kier alpha value is -2.71. The largest absolute Gasteiger partial charge is 0.383 e. The van der Waals surface area contributed by atoms with Crippen molar-refractivity contribution in [2.75, 3.05) is 19.0 Å². The molecule has 0 aliphatic heterocycles. The molecule has 0 saturated carbocycles. The molecule has 3 rings (SSSR count). The van der Waals surface area contributed by atoms with E-state index >= 15 is 0 Å². The Kier molecular flexibility index (Phi) is 5.11. The van der Waals surface area contributed by atoms with Crippen molar-refractivity contribution in [1.82, 2.24) is 9.55 Å². The molecule has 2 aromatic heterocycles. The summed E-state index contributed by atoms with van der Waals surface area (Å²) in [6.45, 7) is 1.22. The first-order valence-corrected chi connectivity index (χ1v) is 8.57. The zero-order valence-corrected chi connectivity index (χ0v) is 14.5. The molecule has 0 saturated heterocycles. The van der Waals surface area contributed by atoms with E-state index in [9.17, 15) is 9.59 Å². The van der Waals surface area contributed by atoms with Gasteiger partial charge in [0.05, 0.1) is 24.3 Å². The van der Waals surface area contributed by atoms with Crippen LogP contribution in [0.5, 0.6) is 0 Å². The number of carbonyl (C=O) groups is 2. The second-order valence-corrected chi connectivity index (χ2v) is 6.35. The third kappa shape index (κ3) is 3.86. The molecule has 7 nitrogen and oxygen atoms in total. The van der Waals surface area contributed by atoms with Crippen molar-refractivity contribution in [3.8, 4) is 0 Å². The second kappa shape index (κ2) is 7.45. The molecule has 0 radical (unpaired) electrons. The van der Waals surface area contributed by atoms with Gasteiger partial charge in [0.1, 0.15) is 0 Å². The number of benzene rings is 1. The van der Waals surface area contributed by atoms with Crippen molar-refractivity contribution in [2.45, 2.75) is 13.0 Å². The molecule has 0 atom stereocenters. The van der Waals surface area contributed by atoms with Gasteiger partial charge in [0.25, 0.3) is 5.91 Å². The quantitative estimate of drug-likeness (QED) is 0.675. The molecule has 25 heavy (non-hydrogen) atoms. The van der Waals surface area contributed by atoms with Crippen LogP contribution in [0.25, 0.3) is 10.9 Å². The van der Waals surface area contributed by atoms with E-state index in [1.807, 2.05) is 35.0 Å². The molecule has 8 heteroatoms. The van der Waals surface area contributed by atoms with Crippen LogP contribution in [-0.4, -0.2) is 35.1 Å². The number of ether oxygens (including phenoxy) is 1. The summed E-state index contributed by atoms with van der Waals surface area (Å²) in [4.78, 5) is 27.8. The number of nitrogens with two attached hydrogens (primary N) is 1. The van der Waals surface area contributed by atoms with Gasteiger partial charge in [-0.15, -0.1) is 11.3 Å². The number of rotatable bonds is 7. The van der Waals surface area contributed by atoms with Crippen molar-refractivity contribution in [2.24, 2.45) is 5.73 Å². The van der Waals surface area contributed by atoms with Crippen LogP contribution in [0.15, 0.2) is 35.8 Å². The molecular formula is C17H18N4O3S. The number of fused-ring (bicyclic) bond motifs is 1. The minimum absolute atomic E-state index is 0.0582. The molecule has 2 heterocycles. The van der Waals surface area contributed by atoms with Gasteiger partial charge in [0, 0.05) is 36.1 Å². The van der Waals surface area contributed by atoms with Crippen molar-refractivity contribution >= 4 is 39.2 Å². The van der Waals surface area contributed by atoms with Crippen molar-refractivity contribution in [1.29, 1.82) is 0 Å².